The molecule has 0 spiro atoms. The zero-order chi connectivity index (χ0) is 13.1. The van der Waals surface area contributed by atoms with Crippen LogP contribution in [-0.4, -0.2) is 0 Å². The molecule has 3 heteroatoms. The molecule has 0 amide bonds. The van der Waals surface area contributed by atoms with Crippen LogP contribution in [0.25, 0.3) is 0 Å². The van der Waals surface area contributed by atoms with Crippen LogP contribution < -0.4 is 0 Å². The molecule has 0 aliphatic carbocycles. The second-order valence-corrected chi connectivity index (χ2v) is 6.76. The van der Waals surface area contributed by atoms with Gasteiger partial charge in [0.2, 0.25) is 0 Å². The van der Waals surface area contributed by atoms with Crippen LogP contribution >= 0.6 is 43.5 Å². The summed E-state index contributed by atoms with van der Waals surface area (Å²) in [5.41, 5.74) is 3.82. The van der Waals surface area contributed by atoms with E-state index in [4.69, 9.17) is 11.6 Å². The Morgan fingerprint density at radius 2 is 1.78 bits per heavy atom. The first-order chi connectivity index (χ1) is 8.56. The number of halogens is 3. The molecular formula is C15H13Br2Cl. The van der Waals surface area contributed by atoms with Crippen molar-refractivity contribution in [2.45, 2.75) is 18.2 Å². The predicted molar refractivity (Wildman–Crippen MR) is 85.7 cm³/mol. The average molecular weight is 389 g/mol. The van der Waals surface area contributed by atoms with Gasteiger partial charge in [0.1, 0.15) is 0 Å². The summed E-state index contributed by atoms with van der Waals surface area (Å²) in [6.45, 7) is 2.11. The van der Waals surface area contributed by atoms with Gasteiger partial charge in [0.05, 0.1) is 0 Å². The second kappa shape index (κ2) is 6.23. The second-order valence-electron chi connectivity index (χ2n) is 4.30. The van der Waals surface area contributed by atoms with Crippen molar-refractivity contribution in [2.24, 2.45) is 0 Å². The van der Waals surface area contributed by atoms with E-state index in [1.54, 1.807) is 0 Å². The van der Waals surface area contributed by atoms with Gasteiger partial charge >= 0.3 is 0 Å². The van der Waals surface area contributed by atoms with Gasteiger partial charge in [0.15, 0.2) is 0 Å². The first kappa shape index (κ1) is 14.1. The molecule has 0 nitrogen and oxygen atoms in total. The molecule has 0 aliphatic heterocycles. The van der Waals surface area contributed by atoms with Gasteiger partial charge in [-0.25, -0.2) is 0 Å². The van der Waals surface area contributed by atoms with Gasteiger partial charge in [0.25, 0.3) is 0 Å². The molecule has 1 unspecified atom stereocenters. The predicted octanol–water partition coefficient (Wildman–Crippen LogP) is 6.09. The Kier molecular flexibility index (Phi) is 4.88. The minimum absolute atomic E-state index is 0.289. The maximum atomic E-state index is 6.06. The molecule has 0 heterocycles. The van der Waals surface area contributed by atoms with E-state index < -0.39 is 0 Å². The standard InChI is InChI=1S/C15H13Br2Cl/c1-10-2-7-13(18)9-14(10)15(17)8-11-3-5-12(16)6-4-11/h2-7,9,15H,8H2,1H3. The lowest BCUT2D eigenvalue weighted by atomic mass is 10.0. The summed E-state index contributed by atoms with van der Waals surface area (Å²) in [4.78, 5) is 0.289. The molecule has 0 saturated carbocycles. The van der Waals surface area contributed by atoms with Gasteiger partial charge in [-0.15, -0.1) is 0 Å². The molecule has 0 aliphatic rings. The van der Waals surface area contributed by atoms with Crippen molar-refractivity contribution in [1.29, 1.82) is 0 Å². The molecule has 18 heavy (non-hydrogen) atoms. The number of benzene rings is 2. The summed E-state index contributed by atoms with van der Waals surface area (Å²) in [5, 5.41) is 0.788. The Hall–Kier alpha value is -0.310. The molecule has 0 fully saturated rings. The fourth-order valence-corrected chi connectivity index (χ4v) is 3.20. The first-order valence-electron chi connectivity index (χ1n) is 5.71. The summed E-state index contributed by atoms with van der Waals surface area (Å²) in [6.07, 6.45) is 0.953. The molecule has 0 N–H and O–H groups in total. The fraction of sp³-hybridized carbons (Fsp3) is 0.200. The van der Waals surface area contributed by atoms with Crippen molar-refractivity contribution in [3.63, 3.8) is 0 Å². The number of rotatable bonds is 3. The summed E-state index contributed by atoms with van der Waals surface area (Å²) in [7, 11) is 0. The Labute approximate surface area is 130 Å². The largest absolute Gasteiger partial charge is 0.0843 e. The summed E-state index contributed by atoms with van der Waals surface area (Å²) < 4.78 is 1.11. The summed E-state index contributed by atoms with van der Waals surface area (Å²) in [5.74, 6) is 0. The Morgan fingerprint density at radius 3 is 2.44 bits per heavy atom. The zero-order valence-electron chi connectivity index (χ0n) is 9.96. The third-order valence-corrected chi connectivity index (χ3v) is 4.49. The van der Waals surface area contributed by atoms with E-state index >= 15 is 0 Å². The molecular weight excluding hydrogens is 375 g/mol. The average Bonchev–Trinajstić information content (AvgIpc) is 2.35. The van der Waals surface area contributed by atoms with Crippen LogP contribution in [0.5, 0.6) is 0 Å². The van der Waals surface area contributed by atoms with Gasteiger partial charge in [-0.2, -0.15) is 0 Å². The topological polar surface area (TPSA) is 0 Å². The van der Waals surface area contributed by atoms with E-state index in [2.05, 4.69) is 69.1 Å². The maximum absolute atomic E-state index is 6.06. The highest BCUT2D eigenvalue weighted by Gasteiger charge is 2.11. The molecule has 0 saturated heterocycles. The molecule has 2 rings (SSSR count). The van der Waals surface area contributed by atoms with Gasteiger partial charge in [0, 0.05) is 14.3 Å². The van der Waals surface area contributed by atoms with Crippen molar-refractivity contribution in [2.75, 3.05) is 0 Å². The maximum Gasteiger partial charge on any atom is 0.0438 e. The first-order valence-corrected chi connectivity index (χ1v) is 7.79. The lowest BCUT2D eigenvalue weighted by Gasteiger charge is -2.13. The Bertz CT molecular complexity index is 535. The monoisotopic (exact) mass is 386 g/mol. The summed E-state index contributed by atoms with van der Waals surface area (Å²) >= 11 is 13.3. The van der Waals surface area contributed by atoms with Crippen molar-refractivity contribution in [3.8, 4) is 0 Å². The molecule has 94 valence electrons. The minimum atomic E-state index is 0.289. The SMILES string of the molecule is Cc1ccc(Cl)cc1C(Br)Cc1ccc(Br)cc1. The van der Waals surface area contributed by atoms with E-state index in [-0.39, 0.29) is 4.83 Å². The normalized spacial score (nSPS) is 12.4. The third-order valence-electron chi connectivity index (χ3n) is 2.91. The summed E-state index contributed by atoms with van der Waals surface area (Å²) in [6, 6.07) is 14.4. The lowest BCUT2D eigenvalue weighted by molar-refractivity contribution is 0.938. The lowest BCUT2D eigenvalue weighted by Crippen LogP contribution is -1.98. The van der Waals surface area contributed by atoms with Crippen molar-refractivity contribution in [1.82, 2.24) is 0 Å². The molecule has 1 atom stereocenters. The highest BCUT2D eigenvalue weighted by Crippen LogP contribution is 2.31. The van der Waals surface area contributed by atoms with Crippen molar-refractivity contribution < 1.29 is 0 Å². The van der Waals surface area contributed by atoms with Crippen molar-refractivity contribution >= 4 is 43.5 Å². The number of hydrogen-bond acceptors (Lipinski definition) is 0. The van der Waals surface area contributed by atoms with E-state index in [0.29, 0.717) is 0 Å². The van der Waals surface area contributed by atoms with Gasteiger partial charge in [-0.3, -0.25) is 0 Å². The molecule has 0 bridgehead atoms. The van der Waals surface area contributed by atoms with Gasteiger partial charge in [-0.1, -0.05) is 61.7 Å². The van der Waals surface area contributed by atoms with Gasteiger partial charge < -0.3 is 0 Å². The van der Waals surface area contributed by atoms with Crippen LogP contribution in [0.1, 0.15) is 21.5 Å². The molecule has 2 aromatic carbocycles. The van der Waals surface area contributed by atoms with Crippen LogP contribution in [0.4, 0.5) is 0 Å². The minimum Gasteiger partial charge on any atom is -0.0843 e. The number of alkyl halides is 1. The number of aryl methyl sites for hydroxylation is 1. The van der Waals surface area contributed by atoms with Crippen LogP contribution in [0.15, 0.2) is 46.9 Å². The van der Waals surface area contributed by atoms with Crippen LogP contribution in [0.2, 0.25) is 5.02 Å². The number of hydrogen-bond donors (Lipinski definition) is 0. The molecule has 0 aromatic heterocycles. The Balaban J connectivity index is 2.18. The quantitative estimate of drug-likeness (QED) is 0.558. The molecule has 2 aromatic rings. The van der Waals surface area contributed by atoms with Crippen molar-refractivity contribution in [3.05, 3.63) is 68.7 Å². The highest BCUT2D eigenvalue weighted by molar-refractivity contribution is 9.10. The molecule has 0 radical (unpaired) electrons. The zero-order valence-corrected chi connectivity index (χ0v) is 13.9. The van der Waals surface area contributed by atoms with Crippen LogP contribution in [0.3, 0.4) is 0 Å². The van der Waals surface area contributed by atoms with E-state index in [9.17, 15) is 0 Å². The fourth-order valence-electron chi connectivity index (χ4n) is 1.89. The highest BCUT2D eigenvalue weighted by atomic mass is 79.9. The Morgan fingerprint density at radius 1 is 1.11 bits per heavy atom. The van der Waals surface area contributed by atoms with E-state index in [1.165, 1.54) is 16.7 Å². The van der Waals surface area contributed by atoms with E-state index in [1.807, 2.05) is 12.1 Å². The van der Waals surface area contributed by atoms with Crippen LogP contribution in [-0.2, 0) is 6.42 Å². The van der Waals surface area contributed by atoms with E-state index in [0.717, 1.165) is 15.9 Å². The van der Waals surface area contributed by atoms with Crippen LogP contribution in [0, 0.1) is 6.92 Å². The smallest absolute Gasteiger partial charge is 0.0438 e. The third kappa shape index (κ3) is 3.59. The van der Waals surface area contributed by atoms with Gasteiger partial charge in [-0.05, 0) is 54.3 Å².